The Bertz CT molecular complexity index is 1510. The first-order chi connectivity index (χ1) is 19.3. The molecule has 2 amide bonds. The van der Waals surface area contributed by atoms with E-state index in [2.05, 4.69) is 43.4 Å². The van der Waals surface area contributed by atoms with Gasteiger partial charge in [0.25, 0.3) is 0 Å². The smallest absolute Gasteiger partial charge is 0.323 e. The number of hydrogen-bond donors (Lipinski definition) is 4. The van der Waals surface area contributed by atoms with Crippen LogP contribution in [-0.4, -0.2) is 22.4 Å². The molecule has 4 aromatic rings. The van der Waals surface area contributed by atoms with Crippen molar-refractivity contribution in [2.75, 3.05) is 21.3 Å². The fourth-order valence-electron chi connectivity index (χ4n) is 4.20. The van der Waals surface area contributed by atoms with Gasteiger partial charge in [-0.05, 0) is 85.7 Å². The molecule has 0 spiro atoms. The third-order valence-electron chi connectivity index (χ3n) is 6.60. The first-order valence-electron chi connectivity index (χ1n) is 13.0. The zero-order valence-electron chi connectivity index (χ0n) is 21.8. The maximum absolute atomic E-state index is 12.8. The number of carbonyl (C=O) groups excluding carboxylic acids is 1. The number of amides is 2. The first kappa shape index (κ1) is 27.3. The monoisotopic (exact) mass is 562 g/mol. The minimum absolute atomic E-state index is 0.231. The van der Waals surface area contributed by atoms with E-state index in [-0.39, 0.29) is 11.9 Å². The highest BCUT2D eigenvalue weighted by Crippen LogP contribution is 2.34. The summed E-state index contributed by atoms with van der Waals surface area (Å²) in [4.78, 5) is 21.6. The van der Waals surface area contributed by atoms with Gasteiger partial charge in [-0.2, -0.15) is 4.98 Å². The van der Waals surface area contributed by atoms with Crippen molar-refractivity contribution < 1.29 is 13.6 Å². The lowest BCUT2D eigenvalue weighted by molar-refractivity contribution is 0.123. The summed E-state index contributed by atoms with van der Waals surface area (Å²) in [5.41, 5.74) is 6.38. The summed E-state index contributed by atoms with van der Waals surface area (Å²) < 4.78 is 22.4. The maximum Gasteiger partial charge on any atom is 0.323 e. The van der Waals surface area contributed by atoms with E-state index in [4.69, 9.17) is 11.6 Å². The predicted octanol–water partition coefficient (Wildman–Crippen LogP) is 8.33. The molecule has 1 aliphatic heterocycles. The Morgan fingerprint density at radius 1 is 0.950 bits per heavy atom. The maximum atomic E-state index is 12.8. The predicted molar refractivity (Wildman–Crippen MR) is 156 cm³/mol. The number of para-hydroxylation sites is 1. The average Bonchev–Trinajstić information content (AvgIpc) is 3.78. The molecule has 0 unspecified atom stereocenters. The van der Waals surface area contributed by atoms with Crippen LogP contribution in [0.1, 0.15) is 29.5 Å². The highest BCUT2D eigenvalue weighted by Gasteiger charge is 2.30. The molecule has 6 rings (SSSR count). The number of halogens is 3. The highest BCUT2D eigenvalue weighted by atomic mass is 35.5. The van der Waals surface area contributed by atoms with Crippen LogP contribution in [0.25, 0.3) is 0 Å². The Labute approximate surface area is 236 Å². The van der Waals surface area contributed by atoms with Crippen LogP contribution in [0.15, 0.2) is 72.9 Å². The van der Waals surface area contributed by atoms with E-state index >= 15 is 0 Å². The van der Waals surface area contributed by atoms with E-state index in [1.165, 1.54) is 0 Å². The first-order valence-corrected chi connectivity index (χ1v) is 13.4. The van der Waals surface area contributed by atoms with Crippen molar-refractivity contribution in [1.29, 1.82) is 0 Å². The summed E-state index contributed by atoms with van der Waals surface area (Å²) in [6, 6.07) is 21.3. The fraction of sp³-hybridized carbons (Fsp3) is 0.233. The summed E-state index contributed by atoms with van der Waals surface area (Å²) in [5.74, 6) is 0.721. The summed E-state index contributed by atoms with van der Waals surface area (Å²) in [7, 11) is 0. The number of anilines is 6. The second kappa shape index (κ2) is 12.3. The number of nitrogens with one attached hydrogen (secondary N) is 4. The number of aryl methyl sites for hydroxylation is 3. The summed E-state index contributed by atoms with van der Waals surface area (Å²) in [5, 5.41) is 12.9. The molecule has 7 nitrogen and oxygen atoms in total. The van der Waals surface area contributed by atoms with Crippen molar-refractivity contribution in [2.24, 2.45) is 5.92 Å². The number of urea groups is 1. The van der Waals surface area contributed by atoms with Gasteiger partial charge in [0, 0.05) is 28.7 Å². The van der Waals surface area contributed by atoms with E-state index in [9.17, 15) is 13.6 Å². The lowest BCUT2D eigenvalue weighted by Crippen LogP contribution is -2.21. The van der Waals surface area contributed by atoms with Crippen LogP contribution < -0.4 is 21.3 Å². The molecule has 1 aromatic heterocycles. The van der Waals surface area contributed by atoms with Crippen LogP contribution >= 0.6 is 11.6 Å². The quantitative estimate of drug-likeness (QED) is 0.201. The summed E-state index contributed by atoms with van der Waals surface area (Å²) in [6.07, 6.45) is 2.55. The van der Waals surface area contributed by atoms with E-state index in [0.29, 0.717) is 16.8 Å². The third kappa shape index (κ3) is 7.24. The molecular weight excluding hydrogens is 534 g/mol. The molecule has 0 atom stereocenters. The number of carbonyl (C=O) groups is 1. The largest absolute Gasteiger partial charge is 0.339 e. The van der Waals surface area contributed by atoms with Crippen molar-refractivity contribution in [3.63, 3.8) is 0 Å². The molecule has 1 saturated carbocycles. The average molecular weight is 563 g/mol. The number of fused-ring (bicyclic) bond motifs is 6. The molecule has 1 aliphatic carbocycles. The number of hydrogen-bond acceptors (Lipinski definition) is 5. The molecule has 3 aromatic carbocycles. The molecule has 1 fully saturated rings. The Morgan fingerprint density at radius 3 is 2.48 bits per heavy atom. The zero-order chi connectivity index (χ0) is 28.1. The topological polar surface area (TPSA) is 91.0 Å². The van der Waals surface area contributed by atoms with Crippen LogP contribution in [0.2, 0.25) is 5.02 Å². The molecule has 6 bridgehead atoms. The SMILES string of the molecule is Cc1ccccc1NC(=O)Nc1ccc2cc1CCc1cccc(c1)Nc1ncc(Cl)c(n1)N2.FC(F)C1CC1. The van der Waals surface area contributed by atoms with Crippen LogP contribution in [0.3, 0.4) is 0 Å². The third-order valence-corrected chi connectivity index (χ3v) is 6.87. The normalized spacial score (nSPS) is 13.7. The number of aromatic nitrogens is 2. The lowest BCUT2D eigenvalue weighted by Gasteiger charge is -2.15. The van der Waals surface area contributed by atoms with Crippen molar-refractivity contribution in [1.82, 2.24) is 9.97 Å². The fourth-order valence-corrected chi connectivity index (χ4v) is 4.34. The molecule has 2 aliphatic rings. The molecule has 4 N–H and O–H groups in total. The second-order valence-electron chi connectivity index (χ2n) is 9.78. The Hall–Kier alpha value is -4.24. The second-order valence-corrected chi connectivity index (χ2v) is 10.2. The van der Waals surface area contributed by atoms with Gasteiger partial charge in [0.15, 0.2) is 5.82 Å². The number of nitrogens with zero attached hydrogens (tertiary/aromatic N) is 2. The Morgan fingerprint density at radius 2 is 1.73 bits per heavy atom. The Balaban J connectivity index is 0.000000477. The summed E-state index contributed by atoms with van der Waals surface area (Å²) >= 11 is 6.34. The number of benzene rings is 3. The van der Waals surface area contributed by atoms with Crippen LogP contribution in [0.4, 0.5) is 48.1 Å². The van der Waals surface area contributed by atoms with E-state index in [1.807, 2.05) is 61.5 Å². The molecule has 40 heavy (non-hydrogen) atoms. The molecule has 0 saturated heterocycles. The van der Waals surface area contributed by atoms with E-state index in [1.54, 1.807) is 6.20 Å². The highest BCUT2D eigenvalue weighted by molar-refractivity contribution is 6.32. The van der Waals surface area contributed by atoms with Gasteiger partial charge in [-0.25, -0.2) is 18.6 Å². The van der Waals surface area contributed by atoms with Crippen molar-refractivity contribution >= 4 is 52.1 Å². The lowest BCUT2D eigenvalue weighted by atomic mass is 10.0. The van der Waals surface area contributed by atoms with Crippen LogP contribution in [0, 0.1) is 12.8 Å². The van der Waals surface area contributed by atoms with Gasteiger partial charge in [-0.1, -0.05) is 41.9 Å². The van der Waals surface area contributed by atoms with Crippen molar-refractivity contribution in [3.05, 3.63) is 94.6 Å². The van der Waals surface area contributed by atoms with Gasteiger partial charge in [0.1, 0.15) is 5.02 Å². The molecule has 206 valence electrons. The number of alkyl halides is 2. The van der Waals surface area contributed by atoms with Crippen LogP contribution in [-0.2, 0) is 12.8 Å². The van der Waals surface area contributed by atoms with Gasteiger partial charge in [-0.15, -0.1) is 0 Å². The van der Waals surface area contributed by atoms with E-state index in [0.717, 1.165) is 65.1 Å². The number of rotatable bonds is 3. The van der Waals surface area contributed by atoms with E-state index < -0.39 is 6.43 Å². The van der Waals surface area contributed by atoms with Crippen molar-refractivity contribution in [3.8, 4) is 0 Å². The van der Waals surface area contributed by atoms with Gasteiger partial charge < -0.3 is 21.3 Å². The molecule has 0 radical (unpaired) electrons. The molecule has 10 heteroatoms. The van der Waals surface area contributed by atoms with Crippen molar-refractivity contribution in [2.45, 2.75) is 39.0 Å². The van der Waals surface area contributed by atoms with Gasteiger partial charge in [0.05, 0.1) is 6.20 Å². The standard InChI is InChI=1S/C26H23ClN6O.C4H6F2/c1-16-5-2-3-8-22(16)31-26(34)32-23-12-11-20-14-18(23)10-9-17-6-4-7-19(13-17)30-25-28-15-21(27)24(29-20)33-25;5-4(6)3-1-2-3/h2-8,11-15H,9-10H2,1H3,(H2,31,32,34)(H2,28,29,30,33);3-4H,1-2H2. The molecule has 2 heterocycles. The van der Waals surface area contributed by atoms with Crippen LogP contribution in [0.5, 0.6) is 0 Å². The van der Waals surface area contributed by atoms with Gasteiger partial charge in [0.2, 0.25) is 12.4 Å². The summed E-state index contributed by atoms with van der Waals surface area (Å²) in [6.45, 7) is 1.96. The van der Waals surface area contributed by atoms with Gasteiger partial charge >= 0.3 is 6.03 Å². The minimum atomic E-state index is -2.04. The zero-order valence-corrected chi connectivity index (χ0v) is 22.6. The Kier molecular flexibility index (Phi) is 8.40. The molecular formula is C30H29ClF2N6O. The minimum Gasteiger partial charge on any atom is -0.339 e. The van der Waals surface area contributed by atoms with Gasteiger partial charge in [-0.3, -0.25) is 0 Å².